The zero-order valence-electron chi connectivity index (χ0n) is 14.2. The van der Waals surface area contributed by atoms with Gasteiger partial charge >= 0.3 is 0 Å². The van der Waals surface area contributed by atoms with Crippen molar-refractivity contribution in [2.45, 2.75) is 19.8 Å². The summed E-state index contributed by atoms with van der Waals surface area (Å²) in [6, 6.07) is 11.7. The molecule has 0 fully saturated rings. The number of nitrogens with one attached hydrogen (secondary N) is 1. The second kappa shape index (κ2) is 8.68. The Morgan fingerprint density at radius 2 is 1.84 bits per heavy atom. The molecule has 2 aromatic carbocycles. The van der Waals surface area contributed by atoms with Crippen LogP contribution in [0.1, 0.15) is 18.4 Å². The Bertz CT molecular complexity index is 744. The number of methoxy groups -OCH3 is 1. The molecule has 0 spiro atoms. The van der Waals surface area contributed by atoms with Crippen LogP contribution in [0.25, 0.3) is 0 Å². The molecule has 0 aliphatic carbocycles. The van der Waals surface area contributed by atoms with Crippen LogP contribution in [0.3, 0.4) is 0 Å². The summed E-state index contributed by atoms with van der Waals surface area (Å²) in [7, 11) is 1.60. The van der Waals surface area contributed by atoms with Gasteiger partial charge in [0.05, 0.1) is 18.6 Å². The van der Waals surface area contributed by atoms with Gasteiger partial charge < -0.3 is 14.8 Å². The molecule has 132 valence electrons. The lowest BCUT2D eigenvalue weighted by Gasteiger charge is -2.08. The largest absolute Gasteiger partial charge is 0.497 e. The molecule has 0 atom stereocenters. The Balaban J connectivity index is 1.75. The monoisotopic (exact) mass is 344 g/mol. The smallest absolute Gasteiger partial charge is 0.272 e. The van der Waals surface area contributed by atoms with E-state index in [0.717, 1.165) is 5.75 Å². The number of ether oxygens (including phenoxy) is 2. The van der Waals surface area contributed by atoms with Gasteiger partial charge in [-0.25, -0.2) is 0 Å². The molecule has 2 rings (SSSR count). The average Bonchev–Trinajstić information content (AvgIpc) is 2.59. The van der Waals surface area contributed by atoms with E-state index < -0.39 is 4.92 Å². The van der Waals surface area contributed by atoms with Gasteiger partial charge in [-0.2, -0.15) is 0 Å². The molecule has 1 amide bonds. The summed E-state index contributed by atoms with van der Waals surface area (Å²) in [5.74, 6) is 1.31. The number of rotatable bonds is 8. The Morgan fingerprint density at radius 1 is 1.16 bits per heavy atom. The normalized spacial score (nSPS) is 10.2. The van der Waals surface area contributed by atoms with Crippen molar-refractivity contribution in [2.75, 3.05) is 19.0 Å². The maximum atomic E-state index is 11.9. The van der Waals surface area contributed by atoms with Gasteiger partial charge in [0.1, 0.15) is 11.5 Å². The van der Waals surface area contributed by atoms with Gasteiger partial charge in [-0.05, 0) is 49.7 Å². The predicted molar refractivity (Wildman–Crippen MR) is 94.2 cm³/mol. The van der Waals surface area contributed by atoms with Crippen molar-refractivity contribution >= 4 is 17.3 Å². The second-order valence-corrected chi connectivity index (χ2v) is 5.43. The molecule has 0 unspecified atom stereocenters. The zero-order valence-corrected chi connectivity index (χ0v) is 14.2. The summed E-state index contributed by atoms with van der Waals surface area (Å²) >= 11 is 0. The molecule has 0 radical (unpaired) electrons. The van der Waals surface area contributed by atoms with Crippen LogP contribution in [-0.2, 0) is 4.79 Å². The number of carbonyl (C=O) groups excluding carboxylic acids is 1. The molecular formula is C18H20N2O5. The van der Waals surface area contributed by atoms with Gasteiger partial charge in [0.15, 0.2) is 0 Å². The van der Waals surface area contributed by atoms with E-state index in [1.807, 2.05) is 0 Å². The fourth-order valence-corrected chi connectivity index (χ4v) is 2.26. The van der Waals surface area contributed by atoms with E-state index in [-0.39, 0.29) is 11.6 Å². The van der Waals surface area contributed by atoms with Gasteiger partial charge in [-0.1, -0.05) is 0 Å². The highest BCUT2D eigenvalue weighted by molar-refractivity contribution is 5.90. The quantitative estimate of drug-likeness (QED) is 0.448. The van der Waals surface area contributed by atoms with Crippen LogP contribution in [0.2, 0.25) is 0 Å². The number of nitrogens with zero attached hydrogens (tertiary/aromatic N) is 1. The number of amides is 1. The molecule has 0 heterocycles. The first-order valence-corrected chi connectivity index (χ1v) is 7.81. The van der Waals surface area contributed by atoms with Crippen molar-refractivity contribution in [1.82, 2.24) is 0 Å². The van der Waals surface area contributed by atoms with Crippen molar-refractivity contribution in [3.63, 3.8) is 0 Å². The lowest BCUT2D eigenvalue weighted by Crippen LogP contribution is -2.13. The van der Waals surface area contributed by atoms with Gasteiger partial charge in [0.2, 0.25) is 5.91 Å². The number of nitro benzene ring substituents is 1. The first kappa shape index (κ1) is 18.3. The Hall–Kier alpha value is -3.09. The number of nitro groups is 1. The highest BCUT2D eigenvalue weighted by Gasteiger charge is 2.11. The summed E-state index contributed by atoms with van der Waals surface area (Å²) in [5, 5.41) is 13.5. The number of anilines is 1. The van der Waals surface area contributed by atoms with Crippen LogP contribution >= 0.6 is 0 Å². The number of hydrogen-bond acceptors (Lipinski definition) is 5. The third-order valence-electron chi connectivity index (χ3n) is 3.55. The van der Waals surface area contributed by atoms with E-state index in [2.05, 4.69) is 5.32 Å². The molecule has 0 aromatic heterocycles. The molecule has 0 saturated heterocycles. The van der Waals surface area contributed by atoms with Crippen LogP contribution in [0.4, 0.5) is 11.4 Å². The molecule has 0 saturated carbocycles. The van der Waals surface area contributed by atoms with Crippen LogP contribution in [0.15, 0.2) is 42.5 Å². The molecule has 7 heteroatoms. The van der Waals surface area contributed by atoms with Gasteiger partial charge in [-0.3, -0.25) is 14.9 Å². The van der Waals surface area contributed by atoms with Crippen LogP contribution in [-0.4, -0.2) is 24.5 Å². The van der Waals surface area contributed by atoms with Gasteiger partial charge in [-0.15, -0.1) is 0 Å². The molecule has 0 bridgehead atoms. The first-order valence-electron chi connectivity index (χ1n) is 7.81. The van der Waals surface area contributed by atoms with E-state index in [0.29, 0.717) is 36.4 Å². The minimum atomic E-state index is -0.447. The topological polar surface area (TPSA) is 90.7 Å². The Kier molecular flexibility index (Phi) is 6.33. The Morgan fingerprint density at radius 3 is 2.44 bits per heavy atom. The van der Waals surface area contributed by atoms with E-state index in [9.17, 15) is 14.9 Å². The van der Waals surface area contributed by atoms with E-state index >= 15 is 0 Å². The Labute approximate surface area is 145 Å². The lowest BCUT2D eigenvalue weighted by molar-refractivity contribution is -0.385. The fourth-order valence-electron chi connectivity index (χ4n) is 2.26. The standard InChI is InChI=1S/C18H20N2O5/c1-13-12-14(5-10-17(13)20(22)23)19-18(21)4-3-11-25-16-8-6-15(24-2)7-9-16/h5-10,12H,3-4,11H2,1-2H3,(H,19,21). The van der Waals surface area contributed by atoms with E-state index in [1.165, 1.54) is 12.1 Å². The number of carbonyl (C=O) groups is 1. The maximum Gasteiger partial charge on any atom is 0.272 e. The van der Waals surface area contributed by atoms with Crippen molar-refractivity contribution in [2.24, 2.45) is 0 Å². The maximum absolute atomic E-state index is 11.9. The van der Waals surface area contributed by atoms with Crippen LogP contribution in [0, 0.1) is 17.0 Å². The molecule has 1 N–H and O–H groups in total. The van der Waals surface area contributed by atoms with Crippen molar-refractivity contribution < 1.29 is 19.2 Å². The third kappa shape index (κ3) is 5.49. The fraction of sp³-hybridized carbons (Fsp3) is 0.278. The van der Waals surface area contributed by atoms with Crippen molar-refractivity contribution in [3.05, 3.63) is 58.1 Å². The lowest BCUT2D eigenvalue weighted by atomic mass is 10.2. The molecule has 25 heavy (non-hydrogen) atoms. The van der Waals surface area contributed by atoms with Crippen molar-refractivity contribution in [3.8, 4) is 11.5 Å². The highest BCUT2D eigenvalue weighted by Crippen LogP contribution is 2.22. The minimum absolute atomic E-state index is 0.0332. The number of hydrogen-bond donors (Lipinski definition) is 1. The molecule has 7 nitrogen and oxygen atoms in total. The zero-order chi connectivity index (χ0) is 18.2. The predicted octanol–water partition coefficient (Wildman–Crippen LogP) is 3.71. The SMILES string of the molecule is COc1ccc(OCCCC(=O)Nc2ccc([N+](=O)[O-])c(C)c2)cc1. The summed E-state index contributed by atoms with van der Waals surface area (Å²) < 4.78 is 10.6. The third-order valence-corrected chi connectivity index (χ3v) is 3.55. The van der Waals surface area contributed by atoms with Crippen molar-refractivity contribution in [1.29, 1.82) is 0 Å². The summed E-state index contributed by atoms with van der Waals surface area (Å²) in [6.07, 6.45) is 0.857. The van der Waals surface area contributed by atoms with Crippen LogP contribution < -0.4 is 14.8 Å². The minimum Gasteiger partial charge on any atom is -0.497 e. The molecule has 0 aliphatic heterocycles. The van der Waals surface area contributed by atoms with E-state index in [4.69, 9.17) is 9.47 Å². The first-order chi connectivity index (χ1) is 12.0. The molecular weight excluding hydrogens is 324 g/mol. The van der Waals surface area contributed by atoms with Gasteiger partial charge in [0, 0.05) is 23.7 Å². The molecule has 2 aromatic rings. The second-order valence-electron chi connectivity index (χ2n) is 5.43. The highest BCUT2D eigenvalue weighted by atomic mass is 16.6. The average molecular weight is 344 g/mol. The summed E-state index contributed by atoms with van der Waals surface area (Å²) in [6.45, 7) is 2.05. The number of aryl methyl sites for hydroxylation is 1. The van der Waals surface area contributed by atoms with Gasteiger partial charge in [0.25, 0.3) is 5.69 Å². The van der Waals surface area contributed by atoms with Crippen LogP contribution in [0.5, 0.6) is 11.5 Å². The summed E-state index contributed by atoms with van der Waals surface area (Å²) in [5.41, 5.74) is 1.08. The molecule has 0 aliphatic rings. The van der Waals surface area contributed by atoms with E-state index in [1.54, 1.807) is 44.4 Å². The summed E-state index contributed by atoms with van der Waals surface area (Å²) in [4.78, 5) is 22.3. The number of benzene rings is 2.